The lowest BCUT2D eigenvalue weighted by molar-refractivity contribution is -0.124. The van der Waals surface area contributed by atoms with Crippen LogP contribution in [0.1, 0.15) is 30.9 Å². The van der Waals surface area contributed by atoms with Crippen LogP contribution in [-0.4, -0.2) is 41.8 Å². The van der Waals surface area contributed by atoms with Crippen LogP contribution in [0, 0.1) is 5.41 Å². The van der Waals surface area contributed by atoms with Crippen LogP contribution < -0.4 is 5.73 Å². The average molecular weight is 274 g/mol. The quantitative estimate of drug-likeness (QED) is 0.861. The number of likely N-dealkylation sites (tertiary alicyclic amines) is 1. The van der Waals surface area contributed by atoms with Gasteiger partial charge >= 0.3 is 0 Å². The van der Waals surface area contributed by atoms with Crippen molar-refractivity contribution in [3.63, 3.8) is 0 Å². The Hall–Kier alpha value is -0.900. The van der Waals surface area contributed by atoms with E-state index in [-0.39, 0.29) is 5.41 Å². The summed E-state index contributed by atoms with van der Waals surface area (Å²) in [5.41, 5.74) is 8.11. The zero-order valence-corrected chi connectivity index (χ0v) is 12.6. The Morgan fingerprint density at radius 1 is 1.30 bits per heavy atom. The Kier molecular flexibility index (Phi) is 3.39. The molecule has 1 aromatic rings. The molecular weight excluding hydrogens is 248 g/mol. The number of hydrogen-bond acceptors (Lipinski definition) is 3. The van der Waals surface area contributed by atoms with E-state index >= 15 is 0 Å². The second-order valence-electron chi connectivity index (χ2n) is 6.92. The van der Waals surface area contributed by atoms with Crippen LogP contribution in [0.4, 0.5) is 0 Å². The molecule has 3 heteroatoms. The zero-order chi connectivity index (χ0) is 14.4. The molecule has 3 N–H and O–H groups in total. The van der Waals surface area contributed by atoms with Crippen molar-refractivity contribution in [3.8, 4) is 0 Å². The monoisotopic (exact) mass is 274 g/mol. The Morgan fingerprint density at radius 3 is 2.40 bits per heavy atom. The van der Waals surface area contributed by atoms with Gasteiger partial charge in [0, 0.05) is 24.5 Å². The summed E-state index contributed by atoms with van der Waals surface area (Å²) in [6, 6.07) is 8.98. The van der Waals surface area contributed by atoms with Gasteiger partial charge in [-0.3, -0.25) is 0 Å². The van der Waals surface area contributed by atoms with Gasteiger partial charge < -0.3 is 15.7 Å². The Balaban J connectivity index is 1.91. The number of piperidine rings is 1. The van der Waals surface area contributed by atoms with Gasteiger partial charge in [0.2, 0.25) is 0 Å². The Morgan fingerprint density at radius 2 is 1.90 bits per heavy atom. The van der Waals surface area contributed by atoms with E-state index in [1.807, 2.05) is 0 Å². The van der Waals surface area contributed by atoms with Crippen LogP contribution in [0.25, 0.3) is 0 Å². The fraction of sp³-hybridized carbons (Fsp3) is 0.647. The fourth-order valence-corrected chi connectivity index (χ4v) is 4.17. The highest BCUT2D eigenvalue weighted by Crippen LogP contribution is 2.49. The molecule has 1 heterocycles. The normalized spacial score (nSPS) is 33.1. The van der Waals surface area contributed by atoms with Gasteiger partial charge in [-0.25, -0.2) is 0 Å². The largest absolute Gasteiger partial charge is 0.389 e. The Labute approximate surface area is 121 Å². The molecule has 1 aromatic carbocycles. The van der Waals surface area contributed by atoms with E-state index in [0.29, 0.717) is 12.6 Å². The van der Waals surface area contributed by atoms with Crippen molar-refractivity contribution < 1.29 is 5.11 Å². The standard InChI is InChI=1S/C17H26N2O/c1-13-9-17(20,7-8-19(13)2)16(12-18)10-14-5-3-4-6-15(14)11-16/h3-6,13,20H,7-12,18H2,1-2H3. The molecule has 0 bridgehead atoms. The minimum absolute atomic E-state index is 0.174. The maximum atomic E-state index is 11.4. The van der Waals surface area contributed by atoms with Gasteiger partial charge in [-0.15, -0.1) is 0 Å². The van der Waals surface area contributed by atoms with Crippen LogP contribution in [0.3, 0.4) is 0 Å². The van der Waals surface area contributed by atoms with Gasteiger partial charge in [0.1, 0.15) is 0 Å². The lowest BCUT2D eigenvalue weighted by Gasteiger charge is -2.51. The summed E-state index contributed by atoms with van der Waals surface area (Å²) in [7, 11) is 2.14. The molecule has 20 heavy (non-hydrogen) atoms. The molecule has 0 radical (unpaired) electrons. The summed E-state index contributed by atoms with van der Waals surface area (Å²) in [4.78, 5) is 2.33. The first-order valence-corrected chi connectivity index (χ1v) is 7.69. The second kappa shape index (κ2) is 4.83. The molecule has 2 aliphatic rings. The van der Waals surface area contributed by atoms with Gasteiger partial charge in [-0.05, 0) is 50.8 Å². The predicted octanol–water partition coefficient (Wildman–Crippen LogP) is 1.58. The van der Waals surface area contributed by atoms with Crippen LogP contribution in [0.5, 0.6) is 0 Å². The molecule has 2 unspecified atom stereocenters. The van der Waals surface area contributed by atoms with Gasteiger partial charge in [-0.2, -0.15) is 0 Å². The van der Waals surface area contributed by atoms with Crippen molar-refractivity contribution in [1.82, 2.24) is 4.90 Å². The van der Waals surface area contributed by atoms with Crippen molar-refractivity contribution in [3.05, 3.63) is 35.4 Å². The third-order valence-corrected chi connectivity index (χ3v) is 5.82. The molecule has 1 aliphatic heterocycles. The van der Waals surface area contributed by atoms with E-state index in [1.54, 1.807) is 0 Å². The van der Waals surface area contributed by atoms with Gasteiger partial charge in [-0.1, -0.05) is 24.3 Å². The lowest BCUT2D eigenvalue weighted by atomic mass is 9.64. The van der Waals surface area contributed by atoms with E-state index in [9.17, 15) is 5.11 Å². The highest BCUT2D eigenvalue weighted by Gasteiger charge is 2.54. The predicted molar refractivity (Wildman–Crippen MR) is 81.6 cm³/mol. The summed E-state index contributed by atoms with van der Waals surface area (Å²) in [5, 5.41) is 11.4. The van der Waals surface area contributed by atoms with Gasteiger partial charge in [0.05, 0.1) is 5.60 Å². The molecule has 1 fully saturated rings. The number of nitrogens with two attached hydrogens (primary N) is 1. The SMILES string of the molecule is CC1CC(O)(C2(CN)Cc3ccccc3C2)CCN1C. The lowest BCUT2D eigenvalue weighted by Crippen LogP contribution is -2.60. The maximum Gasteiger partial charge on any atom is 0.0749 e. The average Bonchev–Trinajstić information content (AvgIpc) is 2.84. The van der Waals surface area contributed by atoms with Crippen LogP contribution >= 0.6 is 0 Å². The summed E-state index contributed by atoms with van der Waals surface area (Å²) in [6.07, 6.45) is 3.51. The number of rotatable bonds is 2. The molecule has 0 saturated carbocycles. The van der Waals surface area contributed by atoms with E-state index in [2.05, 4.69) is 43.1 Å². The summed E-state index contributed by atoms with van der Waals surface area (Å²) < 4.78 is 0. The maximum absolute atomic E-state index is 11.4. The third-order valence-electron chi connectivity index (χ3n) is 5.82. The minimum Gasteiger partial charge on any atom is -0.389 e. The van der Waals surface area contributed by atoms with E-state index in [0.717, 1.165) is 32.2 Å². The molecular formula is C17H26N2O. The molecule has 0 spiro atoms. The highest BCUT2D eigenvalue weighted by atomic mass is 16.3. The molecule has 3 nitrogen and oxygen atoms in total. The van der Waals surface area contributed by atoms with Crippen molar-refractivity contribution in [2.24, 2.45) is 11.1 Å². The first-order chi connectivity index (χ1) is 9.50. The van der Waals surface area contributed by atoms with Crippen LogP contribution in [0.15, 0.2) is 24.3 Å². The summed E-state index contributed by atoms with van der Waals surface area (Å²) >= 11 is 0. The fourth-order valence-electron chi connectivity index (χ4n) is 4.17. The van der Waals surface area contributed by atoms with E-state index in [4.69, 9.17) is 5.73 Å². The number of nitrogens with zero attached hydrogens (tertiary/aromatic N) is 1. The van der Waals surface area contributed by atoms with Crippen molar-refractivity contribution in [2.45, 2.75) is 44.2 Å². The molecule has 1 saturated heterocycles. The van der Waals surface area contributed by atoms with Crippen LogP contribution in [-0.2, 0) is 12.8 Å². The first kappa shape index (κ1) is 14.1. The van der Waals surface area contributed by atoms with Crippen molar-refractivity contribution >= 4 is 0 Å². The van der Waals surface area contributed by atoms with E-state index in [1.165, 1.54) is 11.1 Å². The molecule has 3 rings (SSSR count). The molecule has 110 valence electrons. The number of hydrogen-bond donors (Lipinski definition) is 2. The third kappa shape index (κ3) is 2.00. The van der Waals surface area contributed by atoms with Gasteiger partial charge in [0.25, 0.3) is 0 Å². The van der Waals surface area contributed by atoms with Crippen molar-refractivity contribution in [1.29, 1.82) is 0 Å². The zero-order valence-electron chi connectivity index (χ0n) is 12.6. The topological polar surface area (TPSA) is 49.5 Å². The first-order valence-electron chi connectivity index (χ1n) is 7.69. The summed E-state index contributed by atoms with van der Waals surface area (Å²) in [5.74, 6) is 0. The van der Waals surface area contributed by atoms with Gasteiger partial charge in [0.15, 0.2) is 0 Å². The molecule has 2 atom stereocenters. The molecule has 0 amide bonds. The number of benzene rings is 1. The molecule has 0 aromatic heterocycles. The molecule has 1 aliphatic carbocycles. The van der Waals surface area contributed by atoms with Crippen molar-refractivity contribution in [2.75, 3.05) is 20.1 Å². The summed E-state index contributed by atoms with van der Waals surface area (Å²) in [6.45, 7) is 3.72. The minimum atomic E-state index is -0.632. The second-order valence-corrected chi connectivity index (χ2v) is 6.92. The smallest absolute Gasteiger partial charge is 0.0749 e. The number of fused-ring (bicyclic) bond motifs is 1. The Bertz CT molecular complexity index is 477. The number of aliphatic hydroxyl groups is 1. The van der Waals surface area contributed by atoms with E-state index < -0.39 is 5.60 Å². The highest BCUT2D eigenvalue weighted by molar-refractivity contribution is 5.36. The van der Waals surface area contributed by atoms with Crippen LogP contribution in [0.2, 0.25) is 0 Å².